The maximum atomic E-state index is 6.33. The Morgan fingerprint density at radius 1 is 1.11 bits per heavy atom. The van der Waals surface area contributed by atoms with Gasteiger partial charge in [-0.3, -0.25) is 4.98 Å². The summed E-state index contributed by atoms with van der Waals surface area (Å²) >= 11 is 0. The number of methoxy groups -OCH3 is 1. The van der Waals surface area contributed by atoms with Crippen molar-refractivity contribution >= 4 is 0 Å². The summed E-state index contributed by atoms with van der Waals surface area (Å²) in [6, 6.07) is 13.6. The molecule has 1 heterocycles. The average molecular weight is 242 g/mol. The number of hydrogen-bond donors (Lipinski definition) is 1. The van der Waals surface area contributed by atoms with E-state index in [-0.39, 0.29) is 12.0 Å². The molecular formula is C15H18N2O. The van der Waals surface area contributed by atoms with E-state index in [1.54, 1.807) is 13.3 Å². The Morgan fingerprint density at radius 3 is 2.50 bits per heavy atom. The van der Waals surface area contributed by atoms with Crippen molar-refractivity contribution in [2.45, 2.75) is 18.9 Å². The average Bonchev–Trinajstić information content (AvgIpc) is 2.46. The van der Waals surface area contributed by atoms with E-state index < -0.39 is 0 Å². The van der Waals surface area contributed by atoms with E-state index in [4.69, 9.17) is 10.5 Å². The van der Waals surface area contributed by atoms with Gasteiger partial charge in [-0.05, 0) is 18.2 Å². The van der Waals surface area contributed by atoms with Crippen molar-refractivity contribution in [3.05, 3.63) is 59.9 Å². The number of hydrogen-bond acceptors (Lipinski definition) is 3. The van der Waals surface area contributed by atoms with Crippen LogP contribution >= 0.6 is 0 Å². The molecular weight excluding hydrogens is 224 g/mol. The summed E-state index contributed by atoms with van der Waals surface area (Å²) in [6.45, 7) is 2.08. The van der Waals surface area contributed by atoms with Crippen LogP contribution in [0.3, 0.4) is 0 Å². The Morgan fingerprint density at radius 2 is 1.83 bits per heavy atom. The number of aromatic nitrogens is 1. The number of nitrogens with two attached hydrogens (primary N) is 1. The van der Waals surface area contributed by atoms with Crippen molar-refractivity contribution in [2.75, 3.05) is 7.11 Å². The zero-order valence-corrected chi connectivity index (χ0v) is 10.7. The van der Waals surface area contributed by atoms with Gasteiger partial charge in [0, 0.05) is 29.4 Å². The van der Waals surface area contributed by atoms with E-state index in [1.165, 1.54) is 0 Å². The normalized spacial score (nSPS) is 13.9. The van der Waals surface area contributed by atoms with Crippen molar-refractivity contribution in [2.24, 2.45) is 5.73 Å². The molecule has 3 heteroatoms. The predicted molar refractivity (Wildman–Crippen MR) is 72.6 cm³/mol. The van der Waals surface area contributed by atoms with Crippen molar-refractivity contribution in [1.82, 2.24) is 4.98 Å². The molecule has 3 nitrogen and oxygen atoms in total. The van der Waals surface area contributed by atoms with E-state index in [0.717, 1.165) is 17.0 Å². The highest BCUT2D eigenvalue weighted by atomic mass is 16.5. The first-order chi connectivity index (χ1) is 8.74. The summed E-state index contributed by atoms with van der Waals surface area (Å²) in [6.07, 6.45) is 1.79. The topological polar surface area (TPSA) is 48.1 Å². The first kappa shape index (κ1) is 12.6. The Balaban J connectivity index is 2.28. The van der Waals surface area contributed by atoms with Gasteiger partial charge in [-0.2, -0.15) is 0 Å². The van der Waals surface area contributed by atoms with E-state index in [9.17, 15) is 0 Å². The molecule has 2 N–H and O–H groups in total. The van der Waals surface area contributed by atoms with E-state index >= 15 is 0 Å². The summed E-state index contributed by atoms with van der Waals surface area (Å²) in [5.74, 6) is 0.968. The molecule has 1 aromatic heterocycles. The quantitative estimate of drug-likeness (QED) is 0.896. The van der Waals surface area contributed by atoms with Crippen LogP contribution in [0.2, 0.25) is 0 Å². The number of ether oxygens (including phenoxy) is 1. The molecule has 2 unspecified atom stereocenters. The van der Waals surface area contributed by atoms with Crippen molar-refractivity contribution in [3.63, 3.8) is 0 Å². The van der Waals surface area contributed by atoms with Crippen LogP contribution in [0, 0.1) is 0 Å². The third-order valence-corrected chi connectivity index (χ3v) is 3.19. The minimum Gasteiger partial charge on any atom is -0.496 e. The number of nitrogens with zero attached hydrogens (tertiary/aromatic N) is 1. The second kappa shape index (κ2) is 5.65. The van der Waals surface area contributed by atoms with Gasteiger partial charge in [0.15, 0.2) is 0 Å². The van der Waals surface area contributed by atoms with Gasteiger partial charge in [0.1, 0.15) is 5.75 Å². The molecule has 0 fully saturated rings. The fourth-order valence-corrected chi connectivity index (χ4v) is 2.04. The van der Waals surface area contributed by atoms with Crippen LogP contribution < -0.4 is 10.5 Å². The molecule has 2 aromatic rings. The van der Waals surface area contributed by atoms with E-state index in [0.29, 0.717) is 0 Å². The number of rotatable bonds is 4. The van der Waals surface area contributed by atoms with E-state index in [2.05, 4.69) is 11.9 Å². The van der Waals surface area contributed by atoms with Crippen LogP contribution in [0.15, 0.2) is 48.7 Å². The molecule has 0 saturated heterocycles. The number of benzene rings is 1. The van der Waals surface area contributed by atoms with Crippen LogP contribution in [0.4, 0.5) is 0 Å². The van der Waals surface area contributed by atoms with Crippen LogP contribution in [-0.4, -0.2) is 12.1 Å². The largest absolute Gasteiger partial charge is 0.496 e. The van der Waals surface area contributed by atoms with Crippen LogP contribution in [0.25, 0.3) is 0 Å². The first-order valence-electron chi connectivity index (χ1n) is 6.03. The summed E-state index contributed by atoms with van der Waals surface area (Å²) in [4.78, 5) is 4.36. The fourth-order valence-electron chi connectivity index (χ4n) is 2.04. The minimum absolute atomic E-state index is 0.129. The van der Waals surface area contributed by atoms with Gasteiger partial charge >= 0.3 is 0 Å². The highest BCUT2D eigenvalue weighted by Gasteiger charge is 2.20. The smallest absolute Gasteiger partial charge is 0.123 e. The summed E-state index contributed by atoms with van der Waals surface area (Å²) in [7, 11) is 1.66. The summed E-state index contributed by atoms with van der Waals surface area (Å²) in [5, 5.41) is 0. The Kier molecular flexibility index (Phi) is 3.95. The second-order valence-corrected chi connectivity index (χ2v) is 4.31. The summed E-state index contributed by atoms with van der Waals surface area (Å²) < 4.78 is 5.35. The molecule has 1 aromatic carbocycles. The van der Waals surface area contributed by atoms with Gasteiger partial charge in [0.05, 0.1) is 7.11 Å². The lowest BCUT2D eigenvalue weighted by Crippen LogP contribution is -2.19. The minimum atomic E-state index is -0.129. The van der Waals surface area contributed by atoms with E-state index in [1.807, 2.05) is 42.5 Å². The van der Waals surface area contributed by atoms with Gasteiger partial charge in [-0.25, -0.2) is 0 Å². The molecule has 2 atom stereocenters. The molecule has 94 valence electrons. The highest BCUT2D eigenvalue weighted by Crippen LogP contribution is 2.32. The van der Waals surface area contributed by atoms with Crippen LogP contribution in [0.5, 0.6) is 5.75 Å². The predicted octanol–water partition coefficient (Wildman–Crippen LogP) is 2.89. The van der Waals surface area contributed by atoms with Crippen molar-refractivity contribution in [1.29, 1.82) is 0 Å². The molecule has 0 amide bonds. The zero-order chi connectivity index (χ0) is 13.0. The van der Waals surface area contributed by atoms with Gasteiger partial charge in [0.25, 0.3) is 0 Å². The third kappa shape index (κ3) is 2.51. The monoisotopic (exact) mass is 242 g/mol. The Hall–Kier alpha value is -1.87. The molecule has 0 aliphatic heterocycles. The second-order valence-electron chi connectivity index (χ2n) is 4.31. The first-order valence-corrected chi connectivity index (χ1v) is 6.03. The Bertz CT molecular complexity index is 499. The van der Waals surface area contributed by atoms with Crippen LogP contribution in [-0.2, 0) is 0 Å². The van der Waals surface area contributed by atoms with Gasteiger partial charge in [-0.15, -0.1) is 0 Å². The highest BCUT2D eigenvalue weighted by molar-refractivity contribution is 5.37. The maximum Gasteiger partial charge on any atom is 0.123 e. The molecule has 0 bridgehead atoms. The van der Waals surface area contributed by atoms with Gasteiger partial charge < -0.3 is 10.5 Å². The molecule has 0 radical (unpaired) electrons. The molecule has 18 heavy (non-hydrogen) atoms. The van der Waals surface area contributed by atoms with Gasteiger partial charge in [0.2, 0.25) is 0 Å². The van der Waals surface area contributed by atoms with Crippen molar-refractivity contribution < 1.29 is 4.74 Å². The molecule has 0 aliphatic carbocycles. The third-order valence-electron chi connectivity index (χ3n) is 3.19. The zero-order valence-electron chi connectivity index (χ0n) is 10.7. The maximum absolute atomic E-state index is 6.33. The Labute approximate surface area is 108 Å². The molecule has 2 rings (SSSR count). The van der Waals surface area contributed by atoms with Crippen molar-refractivity contribution in [3.8, 4) is 5.75 Å². The molecule has 0 aliphatic rings. The number of para-hydroxylation sites is 1. The summed E-state index contributed by atoms with van der Waals surface area (Å²) in [5.41, 5.74) is 8.34. The lowest BCUT2D eigenvalue weighted by atomic mass is 9.92. The lowest BCUT2D eigenvalue weighted by Gasteiger charge is -2.21. The van der Waals surface area contributed by atoms with Crippen LogP contribution in [0.1, 0.15) is 30.1 Å². The number of pyridine rings is 1. The lowest BCUT2D eigenvalue weighted by molar-refractivity contribution is 0.401. The van der Waals surface area contributed by atoms with Gasteiger partial charge in [-0.1, -0.05) is 31.2 Å². The standard InChI is InChI=1S/C15H18N2O/c1-11(13-8-5-6-10-17-13)15(16)12-7-3-4-9-14(12)18-2/h3-11,15H,16H2,1-2H3. The molecule has 0 saturated carbocycles. The molecule has 0 spiro atoms. The fraction of sp³-hybridized carbons (Fsp3) is 0.267. The SMILES string of the molecule is COc1ccccc1C(N)C(C)c1ccccn1.